The lowest BCUT2D eigenvalue weighted by atomic mass is 10.4. The number of nitrogens with zero attached hydrogens (tertiary/aromatic N) is 2. The van der Waals surface area contributed by atoms with Crippen LogP contribution in [0.25, 0.3) is 0 Å². The summed E-state index contributed by atoms with van der Waals surface area (Å²) in [6.45, 7) is 0. The Morgan fingerprint density at radius 1 is 1.82 bits per heavy atom. The van der Waals surface area contributed by atoms with Crippen molar-refractivity contribution in [3.63, 3.8) is 0 Å². The molecule has 0 saturated heterocycles. The van der Waals surface area contributed by atoms with Crippen LogP contribution in [0.1, 0.15) is 5.76 Å². The minimum absolute atomic E-state index is 0.0532. The van der Waals surface area contributed by atoms with Gasteiger partial charge >= 0.3 is 5.69 Å². The minimum atomic E-state index is -0.569. The van der Waals surface area contributed by atoms with Crippen molar-refractivity contribution in [2.24, 2.45) is 10.9 Å². The molecular formula is C5H5N3O3. The van der Waals surface area contributed by atoms with Gasteiger partial charge in [0.05, 0.1) is 23.5 Å². The summed E-state index contributed by atoms with van der Waals surface area (Å²) in [4.78, 5) is 9.63. The fraction of sp³-hybridized carbons (Fsp3) is 0. The van der Waals surface area contributed by atoms with E-state index in [1.54, 1.807) is 0 Å². The van der Waals surface area contributed by atoms with E-state index in [9.17, 15) is 10.1 Å². The van der Waals surface area contributed by atoms with Crippen LogP contribution in [0, 0.1) is 10.1 Å². The van der Waals surface area contributed by atoms with Gasteiger partial charge in [-0.3, -0.25) is 10.1 Å². The summed E-state index contributed by atoms with van der Waals surface area (Å²) < 4.78 is 4.70. The molecule has 6 nitrogen and oxygen atoms in total. The van der Waals surface area contributed by atoms with E-state index in [1.165, 1.54) is 12.3 Å². The fourth-order valence-electron chi connectivity index (χ4n) is 0.629. The molecule has 0 amide bonds. The molecule has 0 unspecified atom stereocenters. The number of nitrogens with two attached hydrogens (primary N) is 1. The van der Waals surface area contributed by atoms with Gasteiger partial charge in [-0.2, -0.15) is 5.10 Å². The monoisotopic (exact) mass is 155 g/mol. The van der Waals surface area contributed by atoms with E-state index in [4.69, 9.17) is 10.3 Å². The van der Waals surface area contributed by atoms with Crippen molar-refractivity contribution in [2.75, 3.05) is 0 Å². The van der Waals surface area contributed by atoms with E-state index in [0.717, 1.165) is 6.21 Å². The molecule has 1 heterocycles. The number of hydrazone groups is 1. The fourth-order valence-corrected chi connectivity index (χ4v) is 0.629. The summed E-state index contributed by atoms with van der Waals surface area (Å²) in [5, 5.41) is 13.3. The van der Waals surface area contributed by atoms with Gasteiger partial charge in [-0.15, -0.1) is 0 Å². The Morgan fingerprint density at radius 2 is 2.55 bits per heavy atom. The molecule has 58 valence electrons. The first-order valence-electron chi connectivity index (χ1n) is 2.71. The van der Waals surface area contributed by atoms with Crippen molar-refractivity contribution >= 4 is 11.9 Å². The van der Waals surface area contributed by atoms with Crippen LogP contribution in [0.3, 0.4) is 0 Å². The maximum atomic E-state index is 10.2. The zero-order chi connectivity index (χ0) is 8.27. The van der Waals surface area contributed by atoms with E-state index in [2.05, 4.69) is 5.10 Å². The predicted molar refractivity (Wildman–Crippen MR) is 37.1 cm³/mol. The number of hydrogen-bond donors (Lipinski definition) is 1. The third kappa shape index (κ3) is 1.34. The minimum Gasteiger partial charge on any atom is -0.456 e. The Balaban J connectivity index is 3.05. The number of hydrogen-bond acceptors (Lipinski definition) is 5. The summed E-state index contributed by atoms with van der Waals surface area (Å²) in [6, 6.07) is 1.23. The third-order valence-corrected chi connectivity index (χ3v) is 1.06. The van der Waals surface area contributed by atoms with E-state index >= 15 is 0 Å². The number of rotatable bonds is 2. The SMILES string of the molecule is NN=Cc1occc1[N+](=O)[O-]. The lowest BCUT2D eigenvalue weighted by Gasteiger charge is -1.84. The van der Waals surface area contributed by atoms with Gasteiger partial charge in [-0.25, -0.2) is 0 Å². The molecule has 2 N–H and O–H groups in total. The van der Waals surface area contributed by atoms with Gasteiger partial charge < -0.3 is 10.3 Å². The first kappa shape index (κ1) is 7.26. The van der Waals surface area contributed by atoms with E-state index in [0.29, 0.717) is 0 Å². The molecule has 0 aromatic carbocycles. The first-order valence-corrected chi connectivity index (χ1v) is 2.71. The molecule has 0 atom stereocenters. The van der Waals surface area contributed by atoms with Crippen molar-refractivity contribution in [3.8, 4) is 0 Å². The van der Waals surface area contributed by atoms with E-state index < -0.39 is 4.92 Å². The van der Waals surface area contributed by atoms with Gasteiger partial charge in [-0.1, -0.05) is 0 Å². The zero-order valence-electron chi connectivity index (χ0n) is 5.43. The van der Waals surface area contributed by atoms with Crippen LogP contribution >= 0.6 is 0 Å². The van der Waals surface area contributed by atoms with Crippen molar-refractivity contribution < 1.29 is 9.34 Å². The molecule has 1 aromatic heterocycles. The molecule has 0 saturated carbocycles. The Morgan fingerprint density at radius 3 is 3.09 bits per heavy atom. The quantitative estimate of drug-likeness (QED) is 0.291. The van der Waals surface area contributed by atoms with Crippen molar-refractivity contribution in [3.05, 3.63) is 28.2 Å². The average molecular weight is 155 g/mol. The van der Waals surface area contributed by atoms with Crippen LogP contribution in [0.15, 0.2) is 21.8 Å². The molecule has 11 heavy (non-hydrogen) atoms. The molecule has 1 aromatic rings. The zero-order valence-corrected chi connectivity index (χ0v) is 5.43. The standard InChI is InChI=1S/C5H5N3O3/c6-7-3-5-4(8(9)10)1-2-11-5/h1-3H,6H2. The molecule has 0 aliphatic heterocycles. The molecule has 0 aliphatic rings. The van der Waals surface area contributed by atoms with Gasteiger partial charge in [0.15, 0.2) is 0 Å². The second-order valence-electron chi connectivity index (χ2n) is 1.71. The van der Waals surface area contributed by atoms with Crippen LogP contribution in [-0.2, 0) is 0 Å². The van der Waals surface area contributed by atoms with Crippen LogP contribution in [0.2, 0.25) is 0 Å². The summed E-state index contributed by atoms with van der Waals surface area (Å²) in [6.07, 6.45) is 2.28. The number of furan rings is 1. The molecule has 6 heteroatoms. The van der Waals surface area contributed by atoms with Gasteiger partial charge in [0.25, 0.3) is 0 Å². The van der Waals surface area contributed by atoms with Crippen LogP contribution in [-0.4, -0.2) is 11.1 Å². The highest BCUT2D eigenvalue weighted by atomic mass is 16.6. The Kier molecular flexibility index (Phi) is 1.86. The van der Waals surface area contributed by atoms with Crippen molar-refractivity contribution in [1.29, 1.82) is 0 Å². The summed E-state index contributed by atoms with van der Waals surface area (Å²) in [5.74, 6) is 4.83. The van der Waals surface area contributed by atoms with Gasteiger partial charge in [0, 0.05) is 0 Å². The maximum Gasteiger partial charge on any atom is 0.316 e. The van der Waals surface area contributed by atoms with Gasteiger partial charge in [-0.05, 0) is 0 Å². The van der Waals surface area contributed by atoms with Crippen molar-refractivity contribution in [2.45, 2.75) is 0 Å². The highest BCUT2D eigenvalue weighted by Crippen LogP contribution is 2.16. The predicted octanol–water partition coefficient (Wildman–Crippen LogP) is 0.480. The van der Waals surface area contributed by atoms with Crippen molar-refractivity contribution in [1.82, 2.24) is 0 Å². The molecule has 0 bridgehead atoms. The van der Waals surface area contributed by atoms with Crippen LogP contribution in [0.5, 0.6) is 0 Å². The van der Waals surface area contributed by atoms with Gasteiger partial charge in [0.1, 0.15) is 0 Å². The Labute approximate surface area is 61.4 Å². The van der Waals surface area contributed by atoms with Crippen LogP contribution in [0.4, 0.5) is 5.69 Å². The lowest BCUT2D eigenvalue weighted by Crippen LogP contribution is -1.91. The van der Waals surface area contributed by atoms with Gasteiger partial charge in [0.2, 0.25) is 5.76 Å². The summed E-state index contributed by atoms with van der Waals surface area (Å²) in [7, 11) is 0. The molecule has 0 spiro atoms. The first-order chi connectivity index (χ1) is 5.25. The Bertz CT molecular complexity index is 291. The highest BCUT2D eigenvalue weighted by molar-refractivity contribution is 5.81. The third-order valence-electron chi connectivity index (χ3n) is 1.06. The Hall–Kier alpha value is -1.85. The number of nitro groups is 1. The molecule has 1 rings (SSSR count). The smallest absolute Gasteiger partial charge is 0.316 e. The van der Waals surface area contributed by atoms with E-state index in [1.807, 2.05) is 0 Å². The maximum absolute atomic E-state index is 10.2. The summed E-state index contributed by atoms with van der Waals surface area (Å²) >= 11 is 0. The lowest BCUT2D eigenvalue weighted by molar-refractivity contribution is -0.385. The van der Waals surface area contributed by atoms with Crippen LogP contribution < -0.4 is 5.84 Å². The normalized spacial score (nSPS) is 10.5. The molecule has 0 aliphatic carbocycles. The topological polar surface area (TPSA) is 94.7 Å². The van der Waals surface area contributed by atoms with E-state index in [-0.39, 0.29) is 11.4 Å². The molecular weight excluding hydrogens is 150 g/mol. The second kappa shape index (κ2) is 2.82. The summed E-state index contributed by atoms with van der Waals surface area (Å²) in [5.41, 5.74) is -0.140. The molecule has 0 radical (unpaired) electrons. The highest BCUT2D eigenvalue weighted by Gasteiger charge is 2.14. The average Bonchev–Trinajstić information content (AvgIpc) is 2.36. The largest absolute Gasteiger partial charge is 0.456 e. The second-order valence-corrected chi connectivity index (χ2v) is 1.71. The molecule has 0 fully saturated rings.